The van der Waals surface area contributed by atoms with E-state index in [0.29, 0.717) is 12.3 Å². The van der Waals surface area contributed by atoms with Crippen molar-refractivity contribution in [2.24, 2.45) is 5.41 Å². The number of carbonyl (C=O) groups is 1. The average Bonchev–Trinajstić information content (AvgIpc) is 2.38. The van der Waals surface area contributed by atoms with Crippen molar-refractivity contribution in [2.75, 3.05) is 39.8 Å². The second kappa shape index (κ2) is 6.66. The summed E-state index contributed by atoms with van der Waals surface area (Å²) < 4.78 is 5.88. The second-order valence-electron chi connectivity index (χ2n) is 7.65. The summed E-state index contributed by atoms with van der Waals surface area (Å²) in [6.07, 6.45) is 5.03. The lowest BCUT2D eigenvalue weighted by Gasteiger charge is -2.46. The number of ether oxygens (including phenoxy) is 1. The molecule has 1 amide bonds. The van der Waals surface area contributed by atoms with Gasteiger partial charge in [0.15, 0.2) is 0 Å². The Balaban J connectivity index is 2.00. The quantitative estimate of drug-likeness (QED) is 0.799. The van der Waals surface area contributed by atoms with E-state index in [1.54, 1.807) is 0 Å². The van der Waals surface area contributed by atoms with Gasteiger partial charge in [-0.05, 0) is 45.6 Å². The maximum atomic E-state index is 12.7. The number of carbonyl (C=O) groups excluding carboxylic acids is 1. The molecular weight excluding hydrogens is 264 g/mol. The predicted octanol–water partition coefficient (Wildman–Crippen LogP) is 2.53. The molecule has 4 nitrogen and oxygen atoms in total. The van der Waals surface area contributed by atoms with E-state index in [9.17, 15) is 4.79 Å². The van der Waals surface area contributed by atoms with Crippen LogP contribution in [0.2, 0.25) is 0 Å². The van der Waals surface area contributed by atoms with Crippen LogP contribution >= 0.6 is 0 Å². The van der Waals surface area contributed by atoms with Crippen molar-refractivity contribution in [1.82, 2.24) is 9.80 Å². The summed E-state index contributed by atoms with van der Waals surface area (Å²) in [5.74, 6) is 0.356. The van der Waals surface area contributed by atoms with Gasteiger partial charge in [-0.25, -0.2) is 0 Å². The first-order valence-corrected chi connectivity index (χ1v) is 8.46. The molecule has 1 atom stereocenters. The van der Waals surface area contributed by atoms with Gasteiger partial charge in [-0.3, -0.25) is 4.79 Å². The Kier molecular flexibility index (Phi) is 5.31. The number of piperazine rings is 1. The number of hydrogen-bond donors (Lipinski definition) is 0. The minimum Gasteiger partial charge on any atom is -0.376 e. The van der Waals surface area contributed by atoms with Crippen LogP contribution in [0.1, 0.15) is 52.9 Å². The third-order valence-corrected chi connectivity index (χ3v) is 5.09. The molecule has 2 aliphatic heterocycles. The largest absolute Gasteiger partial charge is 0.376 e. The van der Waals surface area contributed by atoms with Gasteiger partial charge in [-0.1, -0.05) is 13.3 Å². The van der Waals surface area contributed by atoms with Crippen LogP contribution < -0.4 is 0 Å². The summed E-state index contributed by atoms with van der Waals surface area (Å²) in [6, 6.07) is 0. The van der Waals surface area contributed by atoms with Crippen LogP contribution in [0, 0.1) is 5.41 Å². The van der Waals surface area contributed by atoms with E-state index in [1.807, 2.05) is 0 Å². The number of likely N-dealkylation sites (N-methyl/N-ethyl adjacent to an activating group) is 1. The molecule has 2 saturated heterocycles. The zero-order valence-corrected chi connectivity index (χ0v) is 14.3. The van der Waals surface area contributed by atoms with Gasteiger partial charge in [0.25, 0.3) is 0 Å². The minimum atomic E-state index is -0.0875. The first-order valence-electron chi connectivity index (χ1n) is 8.46. The zero-order valence-electron chi connectivity index (χ0n) is 14.3. The maximum absolute atomic E-state index is 12.7. The molecule has 0 saturated carbocycles. The Morgan fingerprint density at radius 1 is 1.19 bits per heavy atom. The van der Waals surface area contributed by atoms with Crippen LogP contribution in [0.25, 0.3) is 0 Å². The Bertz CT molecular complexity index is 358. The first-order chi connectivity index (χ1) is 9.86. The highest BCUT2D eigenvalue weighted by molar-refractivity contribution is 5.77. The molecule has 0 aliphatic carbocycles. The molecule has 0 unspecified atom stereocenters. The number of nitrogens with zero attached hydrogens (tertiary/aromatic N) is 2. The molecule has 2 fully saturated rings. The van der Waals surface area contributed by atoms with E-state index >= 15 is 0 Å². The third kappa shape index (κ3) is 4.43. The van der Waals surface area contributed by atoms with E-state index in [1.165, 1.54) is 0 Å². The molecule has 21 heavy (non-hydrogen) atoms. The fraction of sp³-hybridized carbons (Fsp3) is 0.941. The second-order valence-corrected chi connectivity index (χ2v) is 7.65. The summed E-state index contributed by atoms with van der Waals surface area (Å²) in [5.41, 5.74) is 0.0623. The first kappa shape index (κ1) is 16.8. The normalized spacial score (nSPS) is 30.4. The molecule has 0 aromatic heterocycles. The van der Waals surface area contributed by atoms with E-state index in [2.05, 4.69) is 37.6 Å². The van der Waals surface area contributed by atoms with E-state index < -0.39 is 0 Å². The molecule has 122 valence electrons. The van der Waals surface area contributed by atoms with Crippen LogP contribution in [0.4, 0.5) is 0 Å². The Labute approximate surface area is 129 Å². The molecule has 4 heteroatoms. The Hall–Kier alpha value is -0.610. The Morgan fingerprint density at radius 3 is 2.43 bits per heavy atom. The highest BCUT2D eigenvalue weighted by Gasteiger charge is 2.42. The summed E-state index contributed by atoms with van der Waals surface area (Å²) in [4.78, 5) is 17.1. The van der Waals surface area contributed by atoms with Gasteiger partial charge in [0.2, 0.25) is 5.91 Å². The molecule has 2 rings (SSSR count). The van der Waals surface area contributed by atoms with Gasteiger partial charge in [-0.2, -0.15) is 0 Å². The maximum Gasteiger partial charge on any atom is 0.223 e. The highest BCUT2D eigenvalue weighted by Crippen LogP contribution is 2.45. The van der Waals surface area contributed by atoms with Crippen LogP contribution in [0.15, 0.2) is 0 Å². The van der Waals surface area contributed by atoms with E-state index in [-0.39, 0.29) is 11.0 Å². The van der Waals surface area contributed by atoms with Crippen molar-refractivity contribution in [1.29, 1.82) is 0 Å². The van der Waals surface area contributed by atoms with Crippen molar-refractivity contribution in [3.05, 3.63) is 0 Å². The summed E-state index contributed by atoms with van der Waals surface area (Å²) in [6.45, 7) is 11.1. The monoisotopic (exact) mass is 296 g/mol. The van der Waals surface area contributed by atoms with E-state index in [4.69, 9.17) is 4.74 Å². The Morgan fingerprint density at radius 2 is 1.86 bits per heavy atom. The lowest BCUT2D eigenvalue weighted by Crippen LogP contribution is -2.50. The highest BCUT2D eigenvalue weighted by atomic mass is 16.5. The van der Waals surface area contributed by atoms with Crippen molar-refractivity contribution in [2.45, 2.75) is 58.5 Å². The molecule has 2 heterocycles. The molecular formula is C17H32N2O2. The lowest BCUT2D eigenvalue weighted by molar-refractivity contribution is -0.144. The van der Waals surface area contributed by atoms with Gasteiger partial charge in [-0.15, -0.1) is 0 Å². The number of amides is 1. The number of hydrogen-bond acceptors (Lipinski definition) is 3. The van der Waals surface area contributed by atoms with E-state index in [0.717, 1.165) is 58.5 Å². The zero-order chi connectivity index (χ0) is 15.5. The lowest BCUT2D eigenvalue weighted by atomic mass is 9.69. The predicted molar refractivity (Wildman–Crippen MR) is 85.3 cm³/mol. The molecule has 2 aliphatic rings. The van der Waals surface area contributed by atoms with Crippen LogP contribution in [0.5, 0.6) is 0 Å². The minimum absolute atomic E-state index is 0.0875. The van der Waals surface area contributed by atoms with Crippen LogP contribution in [-0.2, 0) is 9.53 Å². The van der Waals surface area contributed by atoms with Gasteiger partial charge >= 0.3 is 0 Å². The van der Waals surface area contributed by atoms with Crippen LogP contribution in [0.3, 0.4) is 0 Å². The van der Waals surface area contributed by atoms with Crippen molar-refractivity contribution in [3.63, 3.8) is 0 Å². The molecule has 0 bridgehead atoms. The fourth-order valence-corrected chi connectivity index (χ4v) is 4.06. The summed E-state index contributed by atoms with van der Waals surface area (Å²) in [5, 5.41) is 0. The molecule has 0 spiro atoms. The summed E-state index contributed by atoms with van der Waals surface area (Å²) in [7, 11) is 2.13. The third-order valence-electron chi connectivity index (χ3n) is 5.09. The van der Waals surface area contributed by atoms with Gasteiger partial charge < -0.3 is 14.5 Å². The average molecular weight is 296 g/mol. The smallest absolute Gasteiger partial charge is 0.223 e. The number of rotatable bonds is 4. The van der Waals surface area contributed by atoms with Crippen molar-refractivity contribution < 1.29 is 9.53 Å². The van der Waals surface area contributed by atoms with Crippen molar-refractivity contribution >= 4 is 5.91 Å². The SMILES string of the molecule is CCC[C@@]1(CC(=O)N2CCN(C)CC2)CCOC(C)(C)C1. The molecule has 0 aromatic carbocycles. The van der Waals surface area contributed by atoms with Gasteiger partial charge in [0.05, 0.1) is 5.60 Å². The fourth-order valence-electron chi connectivity index (χ4n) is 4.06. The topological polar surface area (TPSA) is 32.8 Å². The molecule has 0 N–H and O–H groups in total. The van der Waals surface area contributed by atoms with Gasteiger partial charge in [0, 0.05) is 39.2 Å². The van der Waals surface area contributed by atoms with Gasteiger partial charge in [0.1, 0.15) is 0 Å². The summed E-state index contributed by atoms with van der Waals surface area (Å²) >= 11 is 0. The van der Waals surface area contributed by atoms with Crippen LogP contribution in [-0.4, -0.2) is 61.1 Å². The molecule has 0 aromatic rings. The molecule has 0 radical (unpaired) electrons. The standard InChI is InChI=1S/C17H32N2O2/c1-5-6-17(7-12-21-16(2,3)14-17)13-15(20)19-10-8-18(4)9-11-19/h5-14H2,1-4H3/t17-/m0/s1. The van der Waals surface area contributed by atoms with Crippen molar-refractivity contribution in [3.8, 4) is 0 Å².